The van der Waals surface area contributed by atoms with Crippen molar-refractivity contribution in [3.63, 3.8) is 0 Å². The van der Waals surface area contributed by atoms with Gasteiger partial charge in [-0.15, -0.1) is 0 Å². The minimum absolute atomic E-state index is 0.514. The van der Waals surface area contributed by atoms with E-state index < -0.39 is 25.1 Å². The van der Waals surface area contributed by atoms with Gasteiger partial charge in [-0.2, -0.15) is 0 Å². The highest BCUT2D eigenvalue weighted by Gasteiger charge is 2.60. The van der Waals surface area contributed by atoms with Crippen molar-refractivity contribution in [1.82, 2.24) is 0 Å². The minimum atomic E-state index is -3.95. The first kappa shape index (κ1) is 47.5. The van der Waals surface area contributed by atoms with Crippen molar-refractivity contribution in [2.24, 2.45) is 0 Å². The molecule has 0 aromatic heterocycles. The van der Waals surface area contributed by atoms with E-state index in [4.69, 9.17) is 9.47 Å². The van der Waals surface area contributed by atoms with Gasteiger partial charge in [0.2, 0.25) is 0 Å². The average molecular weight is 1150 g/mol. The quantitative estimate of drug-likeness (QED) is 0.162. The summed E-state index contributed by atoms with van der Waals surface area (Å²) in [4.78, 5) is 9.26. The summed E-state index contributed by atoms with van der Waals surface area (Å²) in [6, 6.07) is 81.0. The summed E-state index contributed by atoms with van der Waals surface area (Å²) in [5.74, 6) is 2.30. The third-order valence-corrected chi connectivity index (χ3v) is 26.4. The Bertz CT molecular complexity index is 4950. The molecule has 0 N–H and O–H groups in total. The third kappa shape index (κ3) is 5.36. The number of rotatable bonds is 4. The average Bonchev–Trinajstić information content (AvgIpc) is 0.857. The van der Waals surface area contributed by atoms with Crippen LogP contribution in [0.15, 0.2) is 231 Å². The maximum atomic E-state index is 18.5. The van der Waals surface area contributed by atoms with Crippen LogP contribution in [-0.2, 0) is 20.0 Å². The van der Waals surface area contributed by atoms with E-state index in [1.807, 2.05) is 24.3 Å². The van der Waals surface area contributed by atoms with Gasteiger partial charge in [-0.05, 0) is 130 Å². The van der Waals surface area contributed by atoms with Crippen LogP contribution in [0.2, 0.25) is 0 Å². The fourth-order valence-corrected chi connectivity index (χ4v) is 23.8. The maximum absolute atomic E-state index is 18.5. The molecule has 0 saturated heterocycles. The fourth-order valence-electron chi connectivity index (χ4n) is 16.7. The van der Waals surface area contributed by atoms with Gasteiger partial charge in [0.25, 0.3) is 0 Å². The van der Waals surface area contributed by atoms with Gasteiger partial charge in [0.05, 0.1) is 77.3 Å². The topological polar surface area (TPSA) is 65.6 Å². The molecule has 2 aliphatic carbocycles. The molecule has 0 amide bonds. The molecular formula is C76H50N4O4P2. The first-order chi connectivity index (χ1) is 42.0. The highest BCUT2D eigenvalue weighted by molar-refractivity contribution is 7.88. The number of ether oxygens (including phenoxy) is 2. The minimum Gasteiger partial charge on any atom is -0.455 e. The maximum Gasteiger partial charge on any atom is 0.186 e. The zero-order chi connectivity index (χ0) is 57.1. The van der Waals surface area contributed by atoms with Crippen LogP contribution in [0.25, 0.3) is 33.0 Å². The predicted octanol–water partition coefficient (Wildman–Crippen LogP) is 18.1. The molecule has 10 heteroatoms. The van der Waals surface area contributed by atoms with E-state index in [-0.39, 0.29) is 0 Å². The largest absolute Gasteiger partial charge is 0.455 e. The lowest BCUT2D eigenvalue weighted by molar-refractivity contribution is 0.467. The first-order valence-corrected chi connectivity index (χ1v) is 33.0. The molecule has 6 aliphatic heterocycles. The summed E-state index contributed by atoms with van der Waals surface area (Å²) in [5.41, 5.74) is 18.0. The Kier molecular flexibility index (Phi) is 8.68. The van der Waals surface area contributed by atoms with Gasteiger partial charge < -0.3 is 38.2 Å². The lowest BCUT2D eigenvalue weighted by Gasteiger charge is -2.49. The van der Waals surface area contributed by atoms with Crippen LogP contribution in [0, 0.1) is 0 Å². The van der Waals surface area contributed by atoms with Crippen molar-refractivity contribution in [3.05, 3.63) is 253 Å². The van der Waals surface area contributed by atoms with Gasteiger partial charge in [-0.3, -0.25) is 0 Å². The van der Waals surface area contributed by atoms with Crippen LogP contribution in [0.5, 0.6) is 23.0 Å². The molecule has 6 heterocycles. The third-order valence-electron chi connectivity index (χ3n) is 20.0. The van der Waals surface area contributed by atoms with E-state index >= 15 is 9.13 Å². The molecule has 0 radical (unpaired) electrons. The fraction of sp³-hybridized carbons (Fsp3) is 0.0789. The standard InChI is InChI=1S/C76H50N4O4P2/c1-75(2)53-33-19-17-31-47(53)49-39-59-71-67(63(49)75)83-61-41-51-52(65-73(61)85(71,81)69-55(77(59)43-23-9-5-10-24-43)35-21-37-57(69)79(65)45-27-13-7-14-28-45)42-62-74-66(51)80(46-29-15-8-16-30-46)58-38-22-36-56-70(58)86(74,82)72-60(78(56)44-25-11-6-12-26-44)40-50-48-32-18-20-34-54(48)76(3,4)64(50)68(72)84-62/h5-42H,1-4H3. The molecule has 0 spiro atoms. The van der Waals surface area contributed by atoms with E-state index in [2.05, 4.69) is 254 Å². The van der Waals surface area contributed by atoms with Crippen LogP contribution in [0.3, 0.4) is 0 Å². The molecule has 8 nitrogen and oxygen atoms in total. The molecule has 0 fully saturated rings. The summed E-state index contributed by atoms with van der Waals surface area (Å²) >= 11 is 0. The van der Waals surface area contributed by atoms with Crippen LogP contribution in [0.1, 0.15) is 49.9 Å². The summed E-state index contributed by atoms with van der Waals surface area (Å²) < 4.78 is 52.9. The van der Waals surface area contributed by atoms with Crippen LogP contribution in [0.4, 0.5) is 68.2 Å². The Morgan fingerprint density at radius 3 is 1.01 bits per heavy atom. The van der Waals surface area contributed by atoms with Crippen LogP contribution < -0.4 is 60.9 Å². The number of anilines is 12. The van der Waals surface area contributed by atoms with Crippen molar-refractivity contribution in [2.75, 3.05) is 19.6 Å². The molecular weight excluding hydrogens is 1090 g/mol. The van der Waals surface area contributed by atoms with Gasteiger partial charge in [-0.1, -0.05) is 161 Å². The van der Waals surface area contributed by atoms with E-state index in [1.54, 1.807) is 0 Å². The second-order valence-corrected chi connectivity index (χ2v) is 30.1. The number of para-hydroxylation sites is 4. The Labute approximate surface area is 497 Å². The molecule has 12 aromatic rings. The Morgan fingerprint density at radius 2 is 0.640 bits per heavy atom. The number of hydrogen-bond acceptors (Lipinski definition) is 8. The van der Waals surface area contributed by atoms with Crippen molar-refractivity contribution in [3.8, 4) is 45.3 Å². The molecule has 20 rings (SSSR count). The Hall–Kier alpha value is -9.84. The summed E-state index contributed by atoms with van der Waals surface area (Å²) in [6.45, 7) is 9.10. The van der Waals surface area contributed by atoms with Crippen molar-refractivity contribution >= 4 is 125 Å². The lowest BCUT2D eigenvalue weighted by Crippen LogP contribution is -2.47. The second-order valence-electron chi connectivity index (χ2n) is 25.0. The molecule has 12 aromatic carbocycles. The van der Waals surface area contributed by atoms with E-state index in [0.717, 1.165) is 123 Å². The Balaban J connectivity index is 0.973. The SMILES string of the molecule is CC1(C)c2ccccc2-c2cc3c4c(c21)Oc1cc2c5c6c(cc2c2c1P4(=O)c1c(cccc1N2c1ccccc1)N3c1ccccc1)Oc1c2c(cc3c1P6(=O)c1c(cccc1N5c1ccccc1)N3c1ccccc1)-c1ccccc1C2(C)C. The van der Waals surface area contributed by atoms with Gasteiger partial charge in [0.1, 0.15) is 23.0 Å². The first-order valence-electron chi connectivity index (χ1n) is 29.6. The van der Waals surface area contributed by atoms with Gasteiger partial charge in [0, 0.05) is 55.5 Å². The van der Waals surface area contributed by atoms with E-state index in [9.17, 15) is 0 Å². The highest BCUT2D eigenvalue weighted by atomic mass is 31.2. The monoisotopic (exact) mass is 1140 g/mol. The molecule has 2 unspecified atom stereocenters. The summed E-state index contributed by atoms with van der Waals surface area (Å²) in [6.07, 6.45) is 0. The number of hydrogen-bond donors (Lipinski definition) is 0. The highest BCUT2D eigenvalue weighted by Crippen LogP contribution is 2.73. The van der Waals surface area contributed by atoms with E-state index in [1.165, 1.54) is 11.1 Å². The summed E-state index contributed by atoms with van der Waals surface area (Å²) in [5, 5.41) is 5.82. The normalized spacial score (nSPS) is 19.2. The van der Waals surface area contributed by atoms with Gasteiger partial charge >= 0.3 is 0 Å². The lowest BCUT2D eigenvalue weighted by atomic mass is 9.81. The molecule has 0 bridgehead atoms. The number of fused-ring (bicyclic) bond motifs is 11. The molecule has 0 saturated carbocycles. The second kappa shape index (κ2) is 15.7. The zero-order valence-electron chi connectivity index (χ0n) is 47.3. The van der Waals surface area contributed by atoms with Gasteiger partial charge in [-0.25, -0.2) is 0 Å². The Morgan fingerprint density at radius 1 is 0.314 bits per heavy atom. The van der Waals surface area contributed by atoms with Crippen molar-refractivity contribution in [1.29, 1.82) is 0 Å². The van der Waals surface area contributed by atoms with Gasteiger partial charge in [0.15, 0.2) is 14.3 Å². The van der Waals surface area contributed by atoms with E-state index in [0.29, 0.717) is 44.2 Å². The molecule has 8 aliphatic rings. The zero-order valence-corrected chi connectivity index (χ0v) is 49.0. The van der Waals surface area contributed by atoms with Crippen LogP contribution >= 0.6 is 14.3 Å². The molecule has 86 heavy (non-hydrogen) atoms. The summed E-state index contributed by atoms with van der Waals surface area (Å²) in [7, 11) is -7.90. The number of nitrogens with zero attached hydrogens (tertiary/aromatic N) is 4. The van der Waals surface area contributed by atoms with Crippen molar-refractivity contribution in [2.45, 2.75) is 38.5 Å². The molecule has 2 atom stereocenters. The number of benzene rings is 12. The smallest absolute Gasteiger partial charge is 0.186 e. The van der Waals surface area contributed by atoms with Crippen molar-refractivity contribution < 1.29 is 18.6 Å². The molecule has 408 valence electrons. The predicted molar refractivity (Wildman–Crippen MR) is 351 cm³/mol. The van der Waals surface area contributed by atoms with Crippen LogP contribution in [-0.4, -0.2) is 0 Å².